The highest BCUT2D eigenvalue weighted by Gasteiger charge is 2.10. The van der Waals surface area contributed by atoms with Crippen molar-refractivity contribution in [1.82, 2.24) is 5.32 Å². The Kier molecular flexibility index (Phi) is 6.40. The lowest BCUT2D eigenvalue weighted by Crippen LogP contribution is -2.25. The van der Waals surface area contributed by atoms with Crippen LogP contribution in [0.1, 0.15) is 49.5 Å². The minimum absolute atomic E-state index is 0.0136. The molecule has 0 aliphatic carbocycles. The number of carbonyl (C=O) groups is 1. The van der Waals surface area contributed by atoms with E-state index in [1.807, 2.05) is 32.0 Å². The topological polar surface area (TPSA) is 41.1 Å². The maximum Gasteiger partial charge on any atom is 0.253 e. The van der Waals surface area contributed by atoms with Gasteiger partial charge in [-0.05, 0) is 50.3 Å². The second kappa shape index (κ2) is 7.82. The van der Waals surface area contributed by atoms with Crippen LogP contribution in [-0.4, -0.2) is 19.0 Å². The molecule has 1 aromatic rings. The second-order valence-corrected chi connectivity index (χ2v) is 5.37. The van der Waals surface area contributed by atoms with Crippen LogP contribution >= 0.6 is 0 Å². The van der Waals surface area contributed by atoms with Gasteiger partial charge in [-0.25, -0.2) is 0 Å². The molecule has 0 spiro atoms. The SMILES string of the molecule is CCNc1cc(C)ccc1C(=O)NCCCC(C)C. The van der Waals surface area contributed by atoms with Gasteiger partial charge in [-0.2, -0.15) is 0 Å². The second-order valence-electron chi connectivity index (χ2n) is 5.37. The summed E-state index contributed by atoms with van der Waals surface area (Å²) in [5.74, 6) is 0.702. The first kappa shape index (κ1) is 15.5. The van der Waals surface area contributed by atoms with E-state index in [1.54, 1.807) is 0 Å². The number of anilines is 1. The molecule has 3 nitrogen and oxygen atoms in total. The largest absolute Gasteiger partial charge is 0.385 e. The van der Waals surface area contributed by atoms with Crippen molar-refractivity contribution in [2.24, 2.45) is 5.92 Å². The molecule has 0 aliphatic heterocycles. The number of aryl methyl sites for hydroxylation is 1. The van der Waals surface area contributed by atoms with Crippen LogP contribution in [0.2, 0.25) is 0 Å². The molecular formula is C16H26N2O. The Hall–Kier alpha value is -1.51. The predicted molar refractivity (Wildman–Crippen MR) is 81.7 cm³/mol. The van der Waals surface area contributed by atoms with E-state index in [0.29, 0.717) is 5.92 Å². The van der Waals surface area contributed by atoms with Gasteiger partial charge < -0.3 is 10.6 Å². The molecular weight excluding hydrogens is 236 g/mol. The molecule has 2 N–H and O–H groups in total. The van der Waals surface area contributed by atoms with E-state index in [4.69, 9.17) is 0 Å². The Morgan fingerprint density at radius 2 is 2.05 bits per heavy atom. The Bertz CT molecular complexity index is 413. The van der Waals surface area contributed by atoms with Crippen LogP contribution in [-0.2, 0) is 0 Å². The number of amides is 1. The van der Waals surface area contributed by atoms with Crippen molar-refractivity contribution in [3.8, 4) is 0 Å². The van der Waals surface area contributed by atoms with Crippen LogP contribution < -0.4 is 10.6 Å². The van der Waals surface area contributed by atoms with E-state index < -0.39 is 0 Å². The van der Waals surface area contributed by atoms with Crippen molar-refractivity contribution in [2.45, 2.75) is 40.5 Å². The third-order valence-corrected chi connectivity index (χ3v) is 3.03. The summed E-state index contributed by atoms with van der Waals surface area (Å²) in [7, 11) is 0. The molecule has 0 bridgehead atoms. The first-order chi connectivity index (χ1) is 9.04. The Morgan fingerprint density at radius 1 is 1.32 bits per heavy atom. The summed E-state index contributed by atoms with van der Waals surface area (Å²) in [6, 6.07) is 5.89. The van der Waals surface area contributed by atoms with Gasteiger partial charge in [0.1, 0.15) is 0 Å². The van der Waals surface area contributed by atoms with Crippen LogP contribution in [0, 0.1) is 12.8 Å². The molecule has 1 rings (SSSR count). The van der Waals surface area contributed by atoms with Crippen LogP contribution in [0.25, 0.3) is 0 Å². The first-order valence-corrected chi connectivity index (χ1v) is 7.17. The number of rotatable bonds is 7. The minimum atomic E-state index is 0.0136. The standard InChI is InChI=1S/C16H26N2O/c1-5-17-15-11-13(4)8-9-14(15)16(19)18-10-6-7-12(2)3/h8-9,11-12,17H,5-7,10H2,1-4H3,(H,18,19). The molecule has 106 valence electrons. The molecule has 1 amide bonds. The zero-order chi connectivity index (χ0) is 14.3. The maximum atomic E-state index is 12.1. The molecule has 0 atom stereocenters. The normalized spacial score (nSPS) is 10.6. The lowest BCUT2D eigenvalue weighted by atomic mass is 10.1. The molecule has 0 heterocycles. The number of carbonyl (C=O) groups excluding carboxylic acids is 1. The lowest BCUT2D eigenvalue weighted by Gasteiger charge is -2.12. The molecule has 3 heteroatoms. The number of nitrogens with one attached hydrogen (secondary N) is 2. The van der Waals surface area contributed by atoms with Gasteiger partial charge in [-0.3, -0.25) is 4.79 Å². The van der Waals surface area contributed by atoms with E-state index in [-0.39, 0.29) is 5.91 Å². The molecule has 0 saturated carbocycles. The Morgan fingerprint density at radius 3 is 2.68 bits per heavy atom. The van der Waals surface area contributed by atoms with Gasteiger partial charge >= 0.3 is 0 Å². The molecule has 19 heavy (non-hydrogen) atoms. The van der Waals surface area contributed by atoms with Gasteiger partial charge in [0, 0.05) is 18.8 Å². The van der Waals surface area contributed by atoms with Crippen LogP contribution in [0.5, 0.6) is 0 Å². The van der Waals surface area contributed by atoms with Crippen LogP contribution in [0.15, 0.2) is 18.2 Å². The monoisotopic (exact) mass is 262 g/mol. The molecule has 1 aromatic carbocycles. The molecule has 0 unspecified atom stereocenters. The van der Waals surface area contributed by atoms with E-state index in [2.05, 4.69) is 24.5 Å². The third kappa shape index (κ3) is 5.33. The third-order valence-electron chi connectivity index (χ3n) is 3.03. The molecule has 0 aromatic heterocycles. The zero-order valence-corrected chi connectivity index (χ0v) is 12.5. The van der Waals surface area contributed by atoms with Crippen molar-refractivity contribution in [3.63, 3.8) is 0 Å². The number of benzene rings is 1. The van der Waals surface area contributed by atoms with Crippen molar-refractivity contribution in [1.29, 1.82) is 0 Å². The average molecular weight is 262 g/mol. The fourth-order valence-corrected chi connectivity index (χ4v) is 2.00. The Labute approximate surface area is 116 Å². The highest BCUT2D eigenvalue weighted by Crippen LogP contribution is 2.17. The number of hydrogen-bond acceptors (Lipinski definition) is 2. The average Bonchev–Trinajstić information content (AvgIpc) is 2.35. The van der Waals surface area contributed by atoms with Gasteiger partial charge in [-0.1, -0.05) is 19.9 Å². The summed E-state index contributed by atoms with van der Waals surface area (Å²) in [6.07, 6.45) is 2.18. The van der Waals surface area contributed by atoms with Gasteiger partial charge in [0.2, 0.25) is 0 Å². The molecule has 0 aliphatic rings. The number of hydrogen-bond donors (Lipinski definition) is 2. The van der Waals surface area contributed by atoms with Crippen molar-refractivity contribution < 1.29 is 4.79 Å². The lowest BCUT2D eigenvalue weighted by molar-refractivity contribution is 0.0953. The van der Waals surface area contributed by atoms with Gasteiger partial charge in [-0.15, -0.1) is 0 Å². The summed E-state index contributed by atoms with van der Waals surface area (Å²) in [5, 5.41) is 6.24. The minimum Gasteiger partial charge on any atom is -0.385 e. The van der Waals surface area contributed by atoms with E-state index in [9.17, 15) is 4.79 Å². The quantitative estimate of drug-likeness (QED) is 0.737. The molecule has 0 fully saturated rings. The van der Waals surface area contributed by atoms with E-state index >= 15 is 0 Å². The molecule has 0 radical (unpaired) electrons. The Balaban J connectivity index is 2.60. The van der Waals surface area contributed by atoms with Crippen LogP contribution in [0.4, 0.5) is 5.69 Å². The van der Waals surface area contributed by atoms with Crippen molar-refractivity contribution >= 4 is 11.6 Å². The fourth-order valence-electron chi connectivity index (χ4n) is 2.00. The highest BCUT2D eigenvalue weighted by molar-refractivity contribution is 5.99. The smallest absolute Gasteiger partial charge is 0.253 e. The summed E-state index contributed by atoms with van der Waals surface area (Å²) in [6.45, 7) is 10.0. The van der Waals surface area contributed by atoms with Crippen molar-refractivity contribution in [3.05, 3.63) is 29.3 Å². The molecule has 0 saturated heterocycles. The summed E-state index contributed by atoms with van der Waals surface area (Å²) >= 11 is 0. The predicted octanol–water partition coefficient (Wildman–Crippen LogP) is 3.59. The first-order valence-electron chi connectivity index (χ1n) is 7.17. The summed E-state index contributed by atoms with van der Waals surface area (Å²) < 4.78 is 0. The highest BCUT2D eigenvalue weighted by atomic mass is 16.1. The van der Waals surface area contributed by atoms with E-state index in [1.165, 1.54) is 0 Å². The van der Waals surface area contributed by atoms with Gasteiger partial charge in [0.05, 0.1) is 5.56 Å². The fraction of sp³-hybridized carbons (Fsp3) is 0.562. The zero-order valence-electron chi connectivity index (χ0n) is 12.5. The maximum absolute atomic E-state index is 12.1. The van der Waals surface area contributed by atoms with Crippen molar-refractivity contribution in [2.75, 3.05) is 18.4 Å². The van der Waals surface area contributed by atoms with Gasteiger partial charge in [0.15, 0.2) is 0 Å². The summed E-state index contributed by atoms with van der Waals surface area (Å²) in [5.41, 5.74) is 2.81. The van der Waals surface area contributed by atoms with Crippen LogP contribution in [0.3, 0.4) is 0 Å². The van der Waals surface area contributed by atoms with E-state index in [0.717, 1.165) is 42.7 Å². The van der Waals surface area contributed by atoms with Gasteiger partial charge in [0.25, 0.3) is 5.91 Å². The summed E-state index contributed by atoms with van der Waals surface area (Å²) in [4.78, 5) is 12.1.